The minimum atomic E-state index is -4.25. The number of aromatic nitrogens is 19. The molecule has 6 unspecified atom stereocenters. The van der Waals surface area contributed by atoms with Crippen molar-refractivity contribution in [2.45, 2.75) is 148 Å². The second-order valence-electron chi connectivity index (χ2n) is 30.5. The number of alkyl halides is 1. The molecule has 9 aliphatic rings. The van der Waals surface area contributed by atoms with Crippen LogP contribution in [-0.2, 0) is 146 Å². The van der Waals surface area contributed by atoms with Gasteiger partial charge >= 0.3 is 40.4 Å². The van der Waals surface area contributed by atoms with Crippen molar-refractivity contribution in [2.24, 2.45) is 0 Å². The Morgan fingerprint density at radius 2 is 0.773 bits per heavy atom. The summed E-state index contributed by atoms with van der Waals surface area (Å²) in [6, 6.07) is 7.18. The van der Waals surface area contributed by atoms with Gasteiger partial charge in [0.05, 0.1) is 88.1 Å². The molecule has 0 aromatic carbocycles. The fraction of sp³-hybridized carbons (Fsp3) is 0.462. The van der Waals surface area contributed by atoms with Crippen molar-refractivity contribution in [3.05, 3.63) is 142 Å². The Labute approximate surface area is 766 Å². The molecule has 12 aromatic rings. The smallest absolute Gasteiger partial charge is 0.386 e. The largest absolute Gasteiger partial charge is 0.397 e. The normalized spacial score (nSPS) is 37.7. The number of nitrogens with two attached hydrogens (primary N) is 4. The summed E-state index contributed by atoms with van der Waals surface area (Å²) in [5.41, 5.74) is 25.4. The third-order valence-electron chi connectivity index (χ3n) is 22.1. The molecular weight excluding hydrogens is 2000 g/mol. The summed E-state index contributed by atoms with van der Waals surface area (Å²) < 4.78 is 144. The molecule has 0 amide bonds. The molecule has 9 saturated heterocycles. The Morgan fingerprint density at radius 1 is 0.394 bits per heavy atom. The first-order valence-electron chi connectivity index (χ1n) is 39.0. The van der Waals surface area contributed by atoms with Gasteiger partial charge < -0.3 is 123 Å². The van der Waals surface area contributed by atoms with Gasteiger partial charge in [0.1, 0.15) is 108 Å². The van der Waals surface area contributed by atoms with Crippen LogP contribution in [0.25, 0.3) is 56.2 Å². The molecule has 0 radical (unpaired) electrons. The number of nitrogen functional groups attached to an aromatic ring is 4. The number of rotatable bonds is 6. The van der Waals surface area contributed by atoms with E-state index in [1.165, 1.54) is 129 Å². The van der Waals surface area contributed by atoms with E-state index in [9.17, 15) is 63.8 Å². The number of aliphatic hydroxyl groups excluding tert-OH is 4. The van der Waals surface area contributed by atoms with Gasteiger partial charge in [-0.25, -0.2) is 53.8 Å². The number of ether oxygens (including phenoxy) is 6. The van der Waals surface area contributed by atoms with Crippen molar-refractivity contribution in [2.75, 3.05) is 62.6 Å². The molecule has 132 heavy (non-hydrogen) atoms. The molecule has 12 aromatic heterocycles. The van der Waals surface area contributed by atoms with Crippen molar-refractivity contribution >= 4 is 191 Å². The Kier molecular flexibility index (Phi) is 25.9. The second-order valence-corrected chi connectivity index (χ2v) is 47.3. The van der Waals surface area contributed by atoms with E-state index in [-0.39, 0.29) is 58.5 Å². The third kappa shape index (κ3) is 18.4. The Bertz CT molecular complexity index is 6700. The fourth-order valence-corrected chi connectivity index (χ4v) is 24.8. The quantitative estimate of drug-likeness (QED) is 0.0764. The molecule has 54 nitrogen and oxygen atoms in total. The van der Waals surface area contributed by atoms with Crippen molar-refractivity contribution in [1.29, 1.82) is 0 Å². The van der Waals surface area contributed by atoms with Gasteiger partial charge in [0, 0.05) is 74.3 Å². The maximum atomic E-state index is 16.0. The summed E-state index contributed by atoms with van der Waals surface area (Å²) in [5.74, 6) is 0.141. The molecule has 67 heteroatoms. The number of pyridine rings is 3. The predicted octanol–water partition coefficient (Wildman–Crippen LogP) is -0.0952. The highest BCUT2D eigenvalue weighted by molar-refractivity contribution is 8.44. The Hall–Kier alpha value is -7.07. The van der Waals surface area contributed by atoms with E-state index in [1.54, 1.807) is 18.2 Å². The lowest BCUT2D eigenvalue weighted by molar-refractivity contribution is -0.0609. The molecule has 0 spiro atoms. The van der Waals surface area contributed by atoms with Crippen LogP contribution in [0.4, 0.5) is 27.4 Å². The van der Waals surface area contributed by atoms with Gasteiger partial charge in [-0.15, -0.1) is 0 Å². The summed E-state index contributed by atoms with van der Waals surface area (Å²) in [6.45, 7) is -27.8. The van der Waals surface area contributed by atoms with Crippen LogP contribution < -0.4 is 39.6 Å². The first-order chi connectivity index (χ1) is 62.7. The van der Waals surface area contributed by atoms with Crippen LogP contribution in [0, 0.1) is 0 Å². The maximum Gasteiger partial charge on any atom is 0.386 e. The average molecular weight is 2070 g/mol. The molecule has 29 atom stereocenters. The van der Waals surface area contributed by atoms with E-state index in [0.717, 1.165) is 0 Å². The molecule has 9 aliphatic heterocycles. The molecular formula is C65H74FN23O31P6S6. The van der Waals surface area contributed by atoms with Crippen molar-refractivity contribution in [3.63, 3.8) is 0 Å². The van der Waals surface area contributed by atoms with Gasteiger partial charge in [-0.1, -0.05) is 12.2 Å². The molecule has 9 fully saturated rings. The number of thiol groups is 1. The minimum Gasteiger partial charge on any atom is -0.397 e. The topological polar surface area (TPSA) is 704 Å². The summed E-state index contributed by atoms with van der Waals surface area (Å²) >= 11 is 30.4. The lowest BCUT2D eigenvalue weighted by Crippen LogP contribution is -2.36. The predicted molar refractivity (Wildman–Crippen MR) is 468 cm³/mol. The number of H-pyrrole nitrogens is 1. The monoisotopic (exact) mass is 2070 g/mol. The van der Waals surface area contributed by atoms with Gasteiger partial charge in [0.2, 0.25) is 17.5 Å². The summed E-state index contributed by atoms with van der Waals surface area (Å²) in [5, 5.41) is 44.9. The Balaban J connectivity index is 0.000000128. The molecule has 0 aliphatic carbocycles. The van der Waals surface area contributed by atoms with Crippen LogP contribution in [0.1, 0.15) is 43.8 Å². The van der Waals surface area contributed by atoms with Gasteiger partial charge in [-0.05, 0) is 77.2 Å². The standard InChI is InChI=1S/2C22H25N7O11P2S2.C21H24FN9O9P2S2/c2*23-10-1-3-24-19-14(10)26-9-29(19)20-16(32)17-12(38-20)8-36-42(34,44)40-18-15(31)11(7-35-41(33,43)39-17)37-21(18)28-5-2-13(30)27-6-4-25-22(27)28;22-12-15-11(38-20(12)30-6-26-13-9(23)1-2-25-16(13)30)5-36-41(33,43)39-10-3-8(4-35-42(34,44)40-15)37-19(10)31-7-27-14-17(31)28-21(24)29-18(14)32/h2*1-6,9,11-12,15-18,20-21,31-32H,7-8H2,(H2,23,24)(H,33,43)(H,34,44);1-2,6-8,10-12,15,19-20H,3-5H2,(H2,23,25)(H,33,43)(H,34,44)(H3,24,28,29,32)/t2*11-,12-,15-,16-,17+,18-,20-,21-,41?,42?;8-,10+,11+,12-,15-,19+,20+,41?,42?/m110/s1. The summed E-state index contributed by atoms with van der Waals surface area (Å²) in [4.78, 5) is 136. The highest BCUT2D eigenvalue weighted by atomic mass is 32.7. The number of halogens is 1. The lowest BCUT2D eigenvalue weighted by atomic mass is 10.1. The van der Waals surface area contributed by atoms with E-state index in [0.29, 0.717) is 44.9 Å². The molecule has 18 N–H and O–H groups in total. The van der Waals surface area contributed by atoms with E-state index in [4.69, 9.17) is 165 Å². The first-order valence-corrected chi connectivity index (χ1v) is 54.6. The number of anilines is 4. The van der Waals surface area contributed by atoms with Crippen LogP contribution in [0.2, 0.25) is 0 Å². The maximum absolute atomic E-state index is 16.0. The first kappa shape index (κ1) is 93.9. The number of nitrogens with zero attached hydrogens (tertiary/aromatic N) is 18. The van der Waals surface area contributed by atoms with E-state index < -0.39 is 220 Å². The molecule has 708 valence electrons. The van der Waals surface area contributed by atoms with Gasteiger partial charge in [-0.3, -0.25) is 82.7 Å². The fourth-order valence-electron chi connectivity index (χ4n) is 16.1. The lowest BCUT2D eigenvalue weighted by Gasteiger charge is -2.28. The van der Waals surface area contributed by atoms with Crippen LogP contribution in [0.15, 0.2) is 126 Å². The average Bonchev–Trinajstić information content (AvgIpc) is 1.62. The molecule has 6 bridgehead atoms. The Morgan fingerprint density at radius 3 is 1.22 bits per heavy atom. The van der Waals surface area contributed by atoms with Gasteiger partial charge in [0.15, 0.2) is 71.6 Å². The van der Waals surface area contributed by atoms with Crippen LogP contribution in [0.3, 0.4) is 0 Å². The number of fused-ring (bicyclic) bond motifs is 15. The van der Waals surface area contributed by atoms with E-state index in [1.807, 2.05) is 0 Å². The molecule has 21 heterocycles. The van der Waals surface area contributed by atoms with Crippen molar-refractivity contribution < 1.29 is 137 Å². The number of hydrogen-bond donors (Lipinski definition) is 15. The minimum absolute atomic E-state index is 0.0214. The van der Waals surface area contributed by atoms with E-state index in [2.05, 4.69) is 67.1 Å². The highest BCUT2D eigenvalue weighted by Crippen LogP contribution is 2.61. The zero-order chi connectivity index (χ0) is 92.9. The number of nitrogens with one attached hydrogen (secondary N) is 1. The van der Waals surface area contributed by atoms with Crippen LogP contribution >= 0.6 is 52.6 Å². The van der Waals surface area contributed by atoms with Gasteiger partial charge in [-0.2, -0.15) is 4.98 Å². The highest BCUT2D eigenvalue weighted by Gasteiger charge is 2.57. The summed E-state index contributed by atoms with van der Waals surface area (Å²) in [6.07, 6.45) is -11.5. The van der Waals surface area contributed by atoms with Crippen LogP contribution in [-0.4, -0.2) is 279 Å². The number of aliphatic hydroxyl groups is 4. The zero-order valence-corrected chi connectivity index (χ0v) is 76.9. The SMILES string of the molecule is Nc1ccnc2c1ncn2[C@@H]1O[C@@H]2COP(O)(=S)O[C@@H]3[C@H](O)[C@@H](COP(O)(=S)O[C@@H]2[C@H]1O)O[C@H]3n1ccc(=O)n2ccnc12.Nc1ccnc2c1ncn2[C@@H]1O[C@@H]2COP(O)(=S)O[C@@H]3[C@H](O)[C@@H](COP(O)(=S)O[C@@H]2[C@H]1O)O[C@H]3n1ccc(=O)n2ccnc12.Nc1nc2c(ncn2[C@@H]2O[C@@H]3COP(=O)(S)O[C@@H]4[C@H](F)[C@H](n5cnc6c(N)ccnc65)O[C@@H]4COP(O)(=S)O[C@@H]2C3)c(=O)[nH]1. The number of hydrogen-bond acceptors (Lipinski definition) is 45. The molecule has 21 rings (SSSR count). The van der Waals surface area contributed by atoms with E-state index >= 15 is 4.39 Å². The number of imidazole rings is 6. The van der Waals surface area contributed by atoms with Gasteiger partial charge in [0.25, 0.3) is 16.7 Å². The van der Waals surface area contributed by atoms with Crippen molar-refractivity contribution in [3.8, 4) is 0 Å². The number of aromatic amines is 1. The zero-order valence-electron chi connectivity index (χ0n) is 66.5. The second kappa shape index (κ2) is 36.4. The van der Waals surface area contributed by atoms with Crippen molar-refractivity contribution in [1.82, 2.24) is 91.0 Å². The van der Waals surface area contributed by atoms with Crippen LogP contribution in [0.5, 0.6) is 0 Å². The summed E-state index contributed by atoms with van der Waals surface area (Å²) in [7, 11) is 0. The molecule has 0 saturated carbocycles. The third-order valence-corrected chi connectivity index (χ3v) is 31.6.